The van der Waals surface area contributed by atoms with Crippen LogP contribution in [0.1, 0.15) is 22.6 Å². The SMILES string of the molecule is Cc1ccc(F)cc1CC(O)C1CSc2ccccc21. The summed E-state index contributed by atoms with van der Waals surface area (Å²) < 4.78 is 13.3. The Hall–Kier alpha value is -1.32. The smallest absolute Gasteiger partial charge is 0.123 e. The van der Waals surface area contributed by atoms with Crippen molar-refractivity contribution in [1.82, 2.24) is 0 Å². The zero-order chi connectivity index (χ0) is 14.1. The van der Waals surface area contributed by atoms with E-state index in [-0.39, 0.29) is 11.7 Å². The molecule has 2 aromatic carbocycles. The molecule has 20 heavy (non-hydrogen) atoms. The lowest BCUT2D eigenvalue weighted by molar-refractivity contribution is 0.151. The molecule has 0 radical (unpaired) electrons. The molecule has 0 saturated heterocycles. The normalized spacial score (nSPS) is 18.9. The van der Waals surface area contributed by atoms with Gasteiger partial charge in [0.1, 0.15) is 5.82 Å². The summed E-state index contributed by atoms with van der Waals surface area (Å²) in [6.07, 6.45) is 0.0371. The molecule has 0 amide bonds. The largest absolute Gasteiger partial charge is 0.392 e. The summed E-state index contributed by atoms with van der Waals surface area (Å²) in [5, 5.41) is 10.5. The lowest BCUT2D eigenvalue weighted by atomic mass is 9.90. The lowest BCUT2D eigenvalue weighted by Gasteiger charge is -2.19. The lowest BCUT2D eigenvalue weighted by Crippen LogP contribution is -2.21. The minimum atomic E-state index is -0.466. The van der Waals surface area contributed by atoms with Gasteiger partial charge in [-0.15, -0.1) is 11.8 Å². The minimum absolute atomic E-state index is 0.138. The van der Waals surface area contributed by atoms with Crippen LogP contribution in [0.5, 0.6) is 0 Å². The second kappa shape index (κ2) is 5.58. The van der Waals surface area contributed by atoms with E-state index in [1.54, 1.807) is 17.8 Å². The molecule has 0 aromatic heterocycles. The molecule has 1 aliphatic heterocycles. The minimum Gasteiger partial charge on any atom is -0.392 e. The van der Waals surface area contributed by atoms with Crippen molar-refractivity contribution < 1.29 is 9.50 Å². The third-order valence-electron chi connectivity index (χ3n) is 3.94. The van der Waals surface area contributed by atoms with E-state index in [0.29, 0.717) is 6.42 Å². The zero-order valence-electron chi connectivity index (χ0n) is 11.3. The molecule has 3 rings (SSSR count). The van der Waals surface area contributed by atoms with Gasteiger partial charge in [0, 0.05) is 16.6 Å². The Bertz CT molecular complexity index is 626. The Morgan fingerprint density at radius 3 is 2.95 bits per heavy atom. The maximum absolute atomic E-state index is 13.3. The van der Waals surface area contributed by atoms with Crippen LogP contribution in [0, 0.1) is 12.7 Å². The van der Waals surface area contributed by atoms with Crippen LogP contribution in [0.4, 0.5) is 4.39 Å². The first kappa shape index (κ1) is 13.7. The van der Waals surface area contributed by atoms with Crippen molar-refractivity contribution in [3.8, 4) is 0 Å². The van der Waals surface area contributed by atoms with Gasteiger partial charge in [0.2, 0.25) is 0 Å². The molecule has 0 saturated carbocycles. The van der Waals surface area contributed by atoms with E-state index in [4.69, 9.17) is 0 Å². The van der Waals surface area contributed by atoms with E-state index in [9.17, 15) is 9.50 Å². The highest BCUT2D eigenvalue weighted by molar-refractivity contribution is 7.99. The van der Waals surface area contributed by atoms with E-state index >= 15 is 0 Å². The first-order valence-corrected chi connectivity index (χ1v) is 7.78. The summed E-state index contributed by atoms with van der Waals surface area (Å²) in [4.78, 5) is 1.26. The third-order valence-corrected chi connectivity index (χ3v) is 5.15. The van der Waals surface area contributed by atoms with Gasteiger partial charge in [-0.05, 0) is 48.2 Å². The third kappa shape index (κ3) is 2.60. The Morgan fingerprint density at radius 1 is 1.30 bits per heavy atom. The van der Waals surface area contributed by atoms with Gasteiger partial charge in [-0.3, -0.25) is 0 Å². The van der Waals surface area contributed by atoms with Crippen molar-refractivity contribution in [3.05, 3.63) is 65.0 Å². The maximum atomic E-state index is 13.3. The summed E-state index contributed by atoms with van der Waals surface area (Å²) in [5.41, 5.74) is 3.15. The van der Waals surface area contributed by atoms with Gasteiger partial charge in [-0.25, -0.2) is 4.39 Å². The molecule has 0 spiro atoms. The van der Waals surface area contributed by atoms with Gasteiger partial charge in [0.15, 0.2) is 0 Å². The van der Waals surface area contributed by atoms with Gasteiger partial charge >= 0.3 is 0 Å². The fourth-order valence-electron chi connectivity index (χ4n) is 2.73. The molecule has 2 unspecified atom stereocenters. The van der Waals surface area contributed by atoms with Gasteiger partial charge in [-0.1, -0.05) is 24.3 Å². The summed E-state index contributed by atoms with van der Waals surface area (Å²) in [5.74, 6) is 0.798. The molecule has 1 aliphatic rings. The van der Waals surface area contributed by atoms with Gasteiger partial charge in [0.25, 0.3) is 0 Å². The summed E-state index contributed by atoms with van der Waals surface area (Å²) in [6, 6.07) is 13.0. The van der Waals surface area contributed by atoms with Gasteiger partial charge in [0.05, 0.1) is 6.10 Å². The average molecular weight is 288 g/mol. The van der Waals surface area contributed by atoms with Crippen LogP contribution in [0.2, 0.25) is 0 Å². The molecule has 1 heterocycles. The van der Waals surface area contributed by atoms with E-state index in [1.807, 2.05) is 19.1 Å². The molecular formula is C17H17FOS. The van der Waals surface area contributed by atoms with Gasteiger partial charge in [-0.2, -0.15) is 0 Å². The van der Waals surface area contributed by atoms with Crippen LogP contribution in [0.3, 0.4) is 0 Å². The quantitative estimate of drug-likeness (QED) is 0.923. The zero-order valence-corrected chi connectivity index (χ0v) is 12.2. The number of aryl methyl sites for hydroxylation is 1. The number of rotatable bonds is 3. The fraction of sp³-hybridized carbons (Fsp3) is 0.294. The van der Waals surface area contributed by atoms with E-state index < -0.39 is 6.10 Å². The van der Waals surface area contributed by atoms with Crippen molar-refractivity contribution in [2.24, 2.45) is 0 Å². The number of hydrogen-bond donors (Lipinski definition) is 1. The van der Waals surface area contributed by atoms with Crippen LogP contribution in [-0.2, 0) is 6.42 Å². The summed E-state index contributed by atoms with van der Waals surface area (Å²) in [6.45, 7) is 1.96. The van der Waals surface area contributed by atoms with E-state index in [1.165, 1.54) is 22.6 Å². The molecule has 2 atom stereocenters. The summed E-state index contributed by atoms with van der Waals surface area (Å²) in [7, 11) is 0. The number of benzene rings is 2. The summed E-state index contributed by atoms with van der Waals surface area (Å²) >= 11 is 1.79. The monoisotopic (exact) mass is 288 g/mol. The Labute approximate surface area is 122 Å². The fourth-order valence-corrected chi connectivity index (χ4v) is 4.06. The van der Waals surface area contributed by atoms with Crippen molar-refractivity contribution in [3.63, 3.8) is 0 Å². The first-order chi connectivity index (χ1) is 9.65. The van der Waals surface area contributed by atoms with Crippen molar-refractivity contribution >= 4 is 11.8 Å². The van der Waals surface area contributed by atoms with Crippen molar-refractivity contribution in [2.75, 3.05) is 5.75 Å². The van der Waals surface area contributed by atoms with Crippen LogP contribution in [-0.4, -0.2) is 17.0 Å². The second-order valence-corrected chi connectivity index (χ2v) is 6.36. The average Bonchev–Trinajstić information content (AvgIpc) is 2.87. The number of aliphatic hydroxyl groups excluding tert-OH is 1. The number of fused-ring (bicyclic) bond motifs is 1. The number of aliphatic hydroxyl groups is 1. The first-order valence-electron chi connectivity index (χ1n) is 6.80. The molecule has 0 aliphatic carbocycles. The highest BCUT2D eigenvalue weighted by atomic mass is 32.2. The molecule has 3 heteroatoms. The second-order valence-electron chi connectivity index (χ2n) is 5.30. The van der Waals surface area contributed by atoms with Crippen molar-refractivity contribution in [2.45, 2.75) is 30.3 Å². The predicted molar refractivity (Wildman–Crippen MR) is 80.8 cm³/mol. The molecule has 0 bridgehead atoms. The Balaban J connectivity index is 1.81. The van der Waals surface area contributed by atoms with Crippen LogP contribution < -0.4 is 0 Å². The van der Waals surface area contributed by atoms with Crippen LogP contribution in [0.15, 0.2) is 47.4 Å². The molecule has 2 aromatic rings. The highest BCUT2D eigenvalue weighted by Crippen LogP contribution is 2.41. The molecule has 1 nitrogen and oxygen atoms in total. The molecule has 1 N–H and O–H groups in total. The Kier molecular flexibility index (Phi) is 3.81. The van der Waals surface area contributed by atoms with E-state index in [2.05, 4.69) is 12.1 Å². The molecule has 0 fully saturated rings. The van der Waals surface area contributed by atoms with Crippen LogP contribution >= 0.6 is 11.8 Å². The molecule has 104 valence electrons. The standard InChI is InChI=1S/C17H17FOS/c1-11-6-7-13(18)8-12(11)9-16(19)15-10-20-17-5-3-2-4-14(15)17/h2-8,15-16,19H,9-10H2,1H3. The predicted octanol–water partition coefficient (Wildman–Crippen LogP) is 3.93. The molecular weight excluding hydrogens is 271 g/mol. The van der Waals surface area contributed by atoms with E-state index in [0.717, 1.165) is 16.9 Å². The maximum Gasteiger partial charge on any atom is 0.123 e. The van der Waals surface area contributed by atoms with Crippen LogP contribution in [0.25, 0.3) is 0 Å². The van der Waals surface area contributed by atoms with Gasteiger partial charge < -0.3 is 5.11 Å². The number of halogens is 1. The Morgan fingerprint density at radius 2 is 2.10 bits per heavy atom. The topological polar surface area (TPSA) is 20.2 Å². The highest BCUT2D eigenvalue weighted by Gasteiger charge is 2.29. The number of hydrogen-bond acceptors (Lipinski definition) is 2. The number of thioether (sulfide) groups is 1. The van der Waals surface area contributed by atoms with Crippen molar-refractivity contribution in [1.29, 1.82) is 0 Å².